The molecule has 6 nitrogen and oxygen atoms in total. The van der Waals surface area contributed by atoms with Gasteiger partial charge in [0.05, 0.1) is 18.7 Å². The molecule has 1 aliphatic heterocycles. The van der Waals surface area contributed by atoms with Crippen LogP contribution in [0.25, 0.3) is 0 Å². The van der Waals surface area contributed by atoms with Crippen LogP contribution in [0, 0.1) is 20.8 Å². The number of aryl methyl sites for hydroxylation is 2. The van der Waals surface area contributed by atoms with E-state index < -0.39 is 5.97 Å². The van der Waals surface area contributed by atoms with Gasteiger partial charge in [0.25, 0.3) is 5.91 Å². The summed E-state index contributed by atoms with van der Waals surface area (Å²) in [7, 11) is 0. The number of nitrogens with zero attached hydrogens (tertiary/aromatic N) is 2. The van der Waals surface area contributed by atoms with Gasteiger partial charge >= 0.3 is 5.97 Å². The largest absolute Gasteiger partial charge is 0.478 e. The van der Waals surface area contributed by atoms with E-state index in [2.05, 4.69) is 11.9 Å². The van der Waals surface area contributed by atoms with Crippen molar-refractivity contribution < 1.29 is 19.4 Å². The van der Waals surface area contributed by atoms with Gasteiger partial charge in [0, 0.05) is 23.4 Å². The van der Waals surface area contributed by atoms with Crippen LogP contribution < -0.4 is 4.74 Å². The van der Waals surface area contributed by atoms with Gasteiger partial charge in [-0.1, -0.05) is 19.4 Å². The number of benzene rings is 1. The third kappa shape index (κ3) is 4.26. The van der Waals surface area contributed by atoms with E-state index in [0.717, 1.165) is 35.2 Å². The third-order valence-electron chi connectivity index (χ3n) is 5.46. The maximum absolute atomic E-state index is 13.2. The van der Waals surface area contributed by atoms with Crippen LogP contribution in [0.1, 0.15) is 68.4 Å². The fourth-order valence-electron chi connectivity index (χ4n) is 3.82. The van der Waals surface area contributed by atoms with Crippen LogP contribution in [-0.4, -0.2) is 40.0 Å². The normalized spacial score (nSPS) is 13.4. The summed E-state index contributed by atoms with van der Waals surface area (Å²) < 4.78 is 5.93. The van der Waals surface area contributed by atoms with Crippen molar-refractivity contribution in [1.82, 2.24) is 9.88 Å². The lowest BCUT2D eigenvalue weighted by Crippen LogP contribution is -2.38. The molecule has 1 aromatic heterocycles. The van der Waals surface area contributed by atoms with E-state index in [1.54, 1.807) is 24.0 Å². The van der Waals surface area contributed by atoms with E-state index in [1.165, 1.54) is 0 Å². The van der Waals surface area contributed by atoms with Crippen LogP contribution in [0.2, 0.25) is 0 Å². The number of carboxylic acids is 1. The van der Waals surface area contributed by atoms with E-state index in [4.69, 9.17) is 4.74 Å². The summed E-state index contributed by atoms with van der Waals surface area (Å²) in [6, 6.07) is 5.35. The Bertz CT molecular complexity index is 952. The number of unbranched alkanes of at least 4 members (excludes halogenated alkanes) is 1. The summed E-state index contributed by atoms with van der Waals surface area (Å²) in [5.74, 6) is -0.558. The number of hydrogen-bond donors (Lipinski definition) is 1. The maximum Gasteiger partial charge on any atom is 0.335 e. The molecule has 0 aliphatic carbocycles. The van der Waals surface area contributed by atoms with E-state index >= 15 is 0 Å². The monoisotopic (exact) mass is 396 g/mol. The Morgan fingerprint density at radius 1 is 1.28 bits per heavy atom. The highest BCUT2D eigenvalue weighted by Crippen LogP contribution is 2.29. The Morgan fingerprint density at radius 3 is 2.72 bits per heavy atom. The van der Waals surface area contributed by atoms with E-state index in [-0.39, 0.29) is 11.5 Å². The predicted octanol–water partition coefficient (Wildman–Crippen LogP) is 4.08. The standard InChI is InChI=1S/C23H28N2O4/c1-5-6-11-29-21-19(14(2)12-15(3)24-21)13-25-10-9-17-7-8-18(23(27)28)16(4)20(17)22(25)26/h7-8,12H,5-6,9-11,13H2,1-4H3,(H,27,28). The molecule has 29 heavy (non-hydrogen) atoms. The zero-order valence-electron chi connectivity index (χ0n) is 17.5. The highest BCUT2D eigenvalue weighted by atomic mass is 16.5. The van der Waals surface area contributed by atoms with Gasteiger partial charge in [0.2, 0.25) is 5.88 Å². The highest BCUT2D eigenvalue weighted by Gasteiger charge is 2.29. The second-order valence-corrected chi connectivity index (χ2v) is 7.62. The second kappa shape index (κ2) is 8.64. The number of carbonyl (C=O) groups excluding carboxylic acids is 1. The summed E-state index contributed by atoms with van der Waals surface area (Å²) in [6.45, 7) is 9.33. The number of fused-ring (bicyclic) bond motifs is 1. The molecule has 0 atom stereocenters. The third-order valence-corrected chi connectivity index (χ3v) is 5.46. The first kappa shape index (κ1) is 20.8. The maximum atomic E-state index is 13.2. The van der Waals surface area contributed by atoms with Crippen LogP contribution in [0.3, 0.4) is 0 Å². The quantitative estimate of drug-likeness (QED) is 0.713. The topological polar surface area (TPSA) is 79.7 Å². The fraction of sp³-hybridized carbons (Fsp3) is 0.435. The molecular formula is C23H28N2O4. The predicted molar refractivity (Wildman–Crippen MR) is 111 cm³/mol. The summed E-state index contributed by atoms with van der Waals surface area (Å²) in [4.78, 5) is 31.1. The Hall–Kier alpha value is -2.89. The molecule has 1 aromatic carbocycles. The number of ether oxygens (including phenoxy) is 1. The molecule has 0 fully saturated rings. The number of carboxylic acid groups (broad SMARTS) is 1. The summed E-state index contributed by atoms with van der Waals surface area (Å²) >= 11 is 0. The molecule has 2 heterocycles. The van der Waals surface area contributed by atoms with E-state index in [0.29, 0.717) is 43.1 Å². The van der Waals surface area contributed by atoms with Gasteiger partial charge in [-0.15, -0.1) is 0 Å². The van der Waals surface area contributed by atoms with Crippen molar-refractivity contribution in [3.8, 4) is 5.88 Å². The van der Waals surface area contributed by atoms with Crippen molar-refractivity contribution in [3.05, 3.63) is 57.3 Å². The first-order valence-electron chi connectivity index (χ1n) is 10.1. The lowest BCUT2D eigenvalue weighted by Gasteiger charge is -2.31. The molecule has 2 aromatic rings. The molecule has 3 rings (SSSR count). The molecule has 0 saturated carbocycles. The smallest absolute Gasteiger partial charge is 0.335 e. The number of aromatic carboxylic acids is 1. The van der Waals surface area contributed by atoms with Crippen molar-refractivity contribution in [2.24, 2.45) is 0 Å². The van der Waals surface area contributed by atoms with Crippen molar-refractivity contribution in [3.63, 3.8) is 0 Å². The van der Waals surface area contributed by atoms with Crippen LogP contribution >= 0.6 is 0 Å². The fourth-order valence-corrected chi connectivity index (χ4v) is 3.82. The van der Waals surface area contributed by atoms with Gasteiger partial charge in [-0.05, 0) is 62.4 Å². The van der Waals surface area contributed by atoms with E-state index in [1.807, 2.05) is 19.9 Å². The molecule has 0 saturated heterocycles. The first-order chi connectivity index (χ1) is 13.8. The number of carbonyl (C=O) groups is 2. The Balaban J connectivity index is 1.92. The van der Waals surface area contributed by atoms with Crippen LogP contribution in [0.15, 0.2) is 18.2 Å². The number of amides is 1. The molecule has 1 amide bonds. The van der Waals surface area contributed by atoms with Gasteiger partial charge in [-0.3, -0.25) is 4.79 Å². The highest BCUT2D eigenvalue weighted by molar-refractivity contribution is 6.01. The first-order valence-corrected chi connectivity index (χ1v) is 10.1. The van der Waals surface area contributed by atoms with Gasteiger partial charge in [0.1, 0.15) is 0 Å². The number of pyridine rings is 1. The molecule has 154 valence electrons. The van der Waals surface area contributed by atoms with Crippen molar-refractivity contribution in [2.75, 3.05) is 13.2 Å². The van der Waals surface area contributed by atoms with Crippen molar-refractivity contribution in [1.29, 1.82) is 0 Å². The second-order valence-electron chi connectivity index (χ2n) is 7.62. The molecule has 0 unspecified atom stereocenters. The molecule has 0 radical (unpaired) electrons. The zero-order chi connectivity index (χ0) is 21.1. The van der Waals surface area contributed by atoms with E-state index in [9.17, 15) is 14.7 Å². The van der Waals surface area contributed by atoms with Crippen LogP contribution in [-0.2, 0) is 13.0 Å². The summed E-state index contributed by atoms with van der Waals surface area (Å²) in [6.07, 6.45) is 2.68. The Labute approximate surface area is 171 Å². The van der Waals surface area contributed by atoms with Gasteiger partial charge < -0.3 is 14.7 Å². The van der Waals surface area contributed by atoms with Gasteiger partial charge in [-0.2, -0.15) is 0 Å². The Morgan fingerprint density at radius 2 is 2.03 bits per heavy atom. The minimum Gasteiger partial charge on any atom is -0.478 e. The number of aromatic nitrogens is 1. The average molecular weight is 396 g/mol. The molecule has 1 N–H and O–H groups in total. The molecular weight excluding hydrogens is 368 g/mol. The SMILES string of the molecule is CCCCOc1nc(C)cc(C)c1CN1CCc2ccc(C(=O)O)c(C)c2C1=O. The van der Waals surface area contributed by atoms with Crippen molar-refractivity contribution in [2.45, 2.75) is 53.5 Å². The van der Waals surface area contributed by atoms with Crippen LogP contribution in [0.5, 0.6) is 5.88 Å². The van der Waals surface area contributed by atoms with Gasteiger partial charge in [-0.25, -0.2) is 9.78 Å². The van der Waals surface area contributed by atoms with Crippen LogP contribution in [0.4, 0.5) is 0 Å². The summed E-state index contributed by atoms with van der Waals surface area (Å²) in [5.41, 5.74) is 4.97. The summed E-state index contributed by atoms with van der Waals surface area (Å²) in [5, 5.41) is 9.41. The minimum absolute atomic E-state index is 0.133. The molecule has 0 spiro atoms. The lowest BCUT2D eigenvalue weighted by atomic mass is 9.91. The average Bonchev–Trinajstić information content (AvgIpc) is 2.66. The lowest BCUT2D eigenvalue weighted by molar-refractivity contribution is 0.0696. The zero-order valence-corrected chi connectivity index (χ0v) is 17.5. The van der Waals surface area contributed by atoms with Crippen molar-refractivity contribution >= 4 is 11.9 Å². The number of hydrogen-bond acceptors (Lipinski definition) is 4. The number of rotatable bonds is 7. The van der Waals surface area contributed by atoms with Gasteiger partial charge in [0.15, 0.2) is 0 Å². The molecule has 0 bridgehead atoms. The molecule has 1 aliphatic rings. The Kier molecular flexibility index (Phi) is 6.20. The molecule has 6 heteroatoms. The minimum atomic E-state index is -1.01.